The van der Waals surface area contributed by atoms with E-state index in [1.54, 1.807) is 12.3 Å². The molecular weight excluding hydrogens is 292 g/mol. The quantitative estimate of drug-likeness (QED) is 0.831. The molecule has 2 aromatic rings. The zero-order valence-electron chi connectivity index (χ0n) is 13.6. The van der Waals surface area contributed by atoms with Crippen molar-refractivity contribution in [2.24, 2.45) is 0 Å². The van der Waals surface area contributed by atoms with E-state index in [1.807, 2.05) is 30.5 Å². The number of para-hydroxylation sites is 1. The van der Waals surface area contributed by atoms with Crippen LogP contribution in [0.1, 0.15) is 36.2 Å². The van der Waals surface area contributed by atoms with Crippen LogP contribution in [0.15, 0.2) is 29.2 Å². The maximum Gasteiger partial charge on any atom is 0.256 e. The van der Waals surface area contributed by atoms with Crippen LogP contribution in [0.3, 0.4) is 0 Å². The summed E-state index contributed by atoms with van der Waals surface area (Å²) in [5.41, 5.74) is 2.19. The van der Waals surface area contributed by atoms with E-state index in [0.717, 1.165) is 24.9 Å². The summed E-state index contributed by atoms with van der Waals surface area (Å²) in [7, 11) is 0. The van der Waals surface area contributed by atoms with Crippen molar-refractivity contribution in [3.05, 3.63) is 45.7 Å². The van der Waals surface area contributed by atoms with Gasteiger partial charge in [0.15, 0.2) is 0 Å². The third-order valence-corrected chi connectivity index (χ3v) is 4.11. The second-order valence-electron chi connectivity index (χ2n) is 6.16. The van der Waals surface area contributed by atoms with E-state index in [1.165, 1.54) is 5.56 Å². The van der Waals surface area contributed by atoms with Crippen molar-refractivity contribution in [2.45, 2.75) is 39.3 Å². The monoisotopic (exact) mass is 314 g/mol. The van der Waals surface area contributed by atoms with Gasteiger partial charge in [-0.25, -0.2) is 0 Å². The lowest BCUT2D eigenvalue weighted by Crippen LogP contribution is -2.31. The molecular formula is C18H22N2O3. The van der Waals surface area contributed by atoms with E-state index >= 15 is 0 Å². The Morgan fingerprint density at radius 3 is 3.00 bits per heavy atom. The molecule has 1 aliphatic heterocycles. The van der Waals surface area contributed by atoms with Gasteiger partial charge in [0.05, 0.1) is 11.6 Å². The Bertz CT molecular complexity index is 793. The van der Waals surface area contributed by atoms with Crippen LogP contribution in [0, 0.1) is 0 Å². The van der Waals surface area contributed by atoms with Gasteiger partial charge in [0, 0.05) is 31.3 Å². The first-order valence-electron chi connectivity index (χ1n) is 8.13. The SMILES string of the molecule is CC(C)OCCCNC(=O)c1cn2c3c(cccc3c1=O)CC2. The minimum absolute atomic E-state index is 0.184. The number of benzene rings is 1. The third-order valence-electron chi connectivity index (χ3n) is 4.11. The highest BCUT2D eigenvalue weighted by Gasteiger charge is 2.19. The second-order valence-corrected chi connectivity index (χ2v) is 6.16. The summed E-state index contributed by atoms with van der Waals surface area (Å²) in [4.78, 5) is 24.9. The van der Waals surface area contributed by atoms with Gasteiger partial charge in [-0.1, -0.05) is 12.1 Å². The van der Waals surface area contributed by atoms with Gasteiger partial charge in [0.2, 0.25) is 5.43 Å². The smallest absolute Gasteiger partial charge is 0.256 e. The van der Waals surface area contributed by atoms with Crippen LogP contribution >= 0.6 is 0 Å². The number of aryl methyl sites for hydroxylation is 2. The largest absolute Gasteiger partial charge is 0.379 e. The van der Waals surface area contributed by atoms with Crippen molar-refractivity contribution in [2.75, 3.05) is 13.2 Å². The number of hydrogen-bond acceptors (Lipinski definition) is 3. The van der Waals surface area contributed by atoms with Crippen molar-refractivity contribution in [3.63, 3.8) is 0 Å². The molecule has 122 valence electrons. The van der Waals surface area contributed by atoms with E-state index in [2.05, 4.69) is 5.32 Å². The summed E-state index contributed by atoms with van der Waals surface area (Å²) in [5, 5.41) is 3.45. The van der Waals surface area contributed by atoms with Crippen molar-refractivity contribution in [1.82, 2.24) is 9.88 Å². The van der Waals surface area contributed by atoms with Crippen molar-refractivity contribution >= 4 is 16.8 Å². The predicted molar refractivity (Wildman–Crippen MR) is 90.0 cm³/mol. The lowest BCUT2D eigenvalue weighted by atomic mass is 10.1. The molecule has 1 N–H and O–H groups in total. The Hall–Kier alpha value is -2.14. The minimum Gasteiger partial charge on any atom is -0.379 e. The van der Waals surface area contributed by atoms with Gasteiger partial charge >= 0.3 is 0 Å². The maximum absolute atomic E-state index is 12.6. The Morgan fingerprint density at radius 1 is 1.39 bits per heavy atom. The van der Waals surface area contributed by atoms with E-state index in [-0.39, 0.29) is 23.0 Å². The topological polar surface area (TPSA) is 60.3 Å². The molecule has 3 rings (SSSR count). The molecule has 0 spiro atoms. The van der Waals surface area contributed by atoms with Crippen LogP contribution in [0.2, 0.25) is 0 Å². The molecule has 1 amide bonds. The number of pyridine rings is 1. The Balaban J connectivity index is 1.75. The molecule has 1 aromatic heterocycles. The number of ether oxygens (including phenoxy) is 1. The number of hydrogen-bond donors (Lipinski definition) is 1. The highest BCUT2D eigenvalue weighted by Crippen LogP contribution is 2.23. The van der Waals surface area contributed by atoms with E-state index in [4.69, 9.17) is 4.74 Å². The fourth-order valence-electron chi connectivity index (χ4n) is 3.01. The van der Waals surface area contributed by atoms with Crippen LogP contribution in [-0.2, 0) is 17.7 Å². The standard InChI is InChI=1S/C18H22N2O3/c1-12(2)23-10-4-8-19-18(22)15-11-20-9-7-13-5-3-6-14(16(13)20)17(15)21/h3,5-6,11-12H,4,7-10H2,1-2H3,(H,19,22). The molecule has 23 heavy (non-hydrogen) atoms. The molecule has 0 unspecified atom stereocenters. The van der Waals surface area contributed by atoms with E-state index in [0.29, 0.717) is 18.5 Å². The van der Waals surface area contributed by atoms with Crippen LogP contribution in [0.25, 0.3) is 10.9 Å². The van der Waals surface area contributed by atoms with Gasteiger partial charge in [-0.05, 0) is 38.3 Å². The first kappa shape index (κ1) is 15.7. The van der Waals surface area contributed by atoms with Gasteiger partial charge in [-0.2, -0.15) is 0 Å². The lowest BCUT2D eigenvalue weighted by Gasteiger charge is -2.10. The molecule has 0 radical (unpaired) electrons. The van der Waals surface area contributed by atoms with E-state index < -0.39 is 0 Å². The predicted octanol–water partition coefficient (Wildman–Crippen LogP) is 2.10. The van der Waals surface area contributed by atoms with Crippen LogP contribution in [0.4, 0.5) is 0 Å². The van der Waals surface area contributed by atoms with Gasteiger partial charge in [0.25, 0.3) is 5.91 Å². The average molecular weight is 314 g/mol. The average Bonchev–Trinajstić information content (AvgIpc) is 2.94. The van der Waals surface area contributed by atoms with E-state index in [9.17, 15) is 9.59 Å². The van der Waals surface area contributed by atoms with Gasteiger partial charge in [-0.3, -0.25) is 9.59 Å². The number of aromatic nitrogens is 1. The molecule has 0 bridgehead atoms. The molecule has 2 heterocycles. The number of amides is 1. The summed E-state index contributed by atoms with van der Waals surface area (Å²) >= 11 is 0. The van der Waals surface area contributed by atoms with Crippen LogP contribution in [0.5, 0.6) is 0 Å². The number of nitrogens with one attached hydrogen (secondary N) is 1. The summed E-state index contributed by atoms with van der Waals surface area (Å²) < 4.78 is 7.45. The minimum atomic E-state index is -0.303. The fourth-order valence-corrected chi connectivity index (χ4v) is 3.01. The number of rotatable bonds is 6. The Kier molecular flexibility index (Phi) is 4.48. The third kappa shape index (κ3) is 3.15. The van der Waals surface area contributed by atoms with Crippen LogP contribution < -0.4 is 10.7 Å². The Labute approximate surface area is 135 Å². The molecule has 0 saturated heterocycles. The Morgan fingerprint density at radius 2 is 2.22 bits per heavy atom. The van der Waals surface area contributed by atoms with Gasteiger partial charge in [-0.15, -0.1) is 0 Å². The summed E-state index contributed by atoms with van der Waals surface area (Å²) in [5.74, 6) is -0.303. The summed E-state index contributed by atoms with van der Waals surface area (Å²) in [6.45, 7) is 5.88. The molecule has 1 aliphatic rings. The lowest BCUT2D eigenvalue weighted by molar-refractivity contribution is 0.0757. The molecule has 0 atom stereocenters. The van der Waals surface area contributed by atoms with Crippen molar-refractivity contribution in [1.29, 1.82) is 0 Å². The second kappa shape index (κ2) is 6.54. The molecule has 5 heteroatoms. The molecule has 5 nitrogen and oxygen atoms in total. The molecule has 0 fully saturated rings. The van der Waals surface area contributed by atoms with Crippen molar-refractivity contribution in [3.8, 4) is 0 Å². The summed E-state index contributed by atoms with van der Waals surface area (Å²) in [6.07, 6.45) is 3.53. The molecule has 1 aromatic carbocycles. The zero-order valence-corrected chi connectivity index (χ0v) is 13.6. The highest BCUT2D eigenvalue weighted by molar-refractivity contribution is 5.98. The van der Waals surface area contributed by atoms with Gasteiger partial charge < -0.3 is 14.6 Å². The highest BCUT2D eigenvalue weighted by atomic mass is 16.5. The summed E-state index contributed by atoms with van der Waals surface area (Å²) in [6, 6.07) is 5.73. The number of carbonyl (C=O) groups excluding carboxylic acids is 1. The molecule has 0 saturated carbocycles. The first-order valence-corrected chi connectivity index (χ1v) is 8.13. The molecule has 0 aliphatic carbocycles. The van der Waals surface area contributed by atoms with Gasteiger partial charge in [0.1, 0.15) is 5.56 Å². The fraction of sp³-hybridized carbons (Fsp3) is 0.444. The first-order chi connectivity index (χ1) is 11.1. The number of nitrogens with zero attached hydrogens (tertiary/aromatic N) is 1. The maximum atomic E-state index is 12.6. The zero-order chi connectivity index (χ0) is 16.4. The normalized spacial score (nSPS) is 13.0. The van der Waals surface area contributed by atoms with Crippen molar-refractivity contribution < 1.29 is 9.53 Å². The van der Waals surface area contributed by atoms with Crippen LogP contribution in [-0.4, -0.2) is 29.7 Å². The number of carbonyl (C=O) groups is 1.